The fourth-order valence-corrected chi connectivity index (χ4v) is 1.48. The van der Waals surface area contributed by atoms with E-state index in [4.69, 9.17) is 10.5 Å². The summed E-state index contributed by atoms with van der Waals surface area (Å²) in [5.74, 6) is 0.154. The van der Waals surface area contributed by atoms with E-state index in [1.165, 1.54) is 0 Å². The predicted molar refractivity (Wildman–Crippen MR) is 65.7 cm³/mol. The Morgan fingerprint density at radius 3 is 2.53 bits per heavy atom. The normalized spacial score (nSPS) is 9.94. The number of ether oxygens (including phenoxy) is 1. The Balaban J connectivity index is 2.13. The van der Waals surface area contributed by atoms with Gasteiger partial charge in [0, 0.05) is 6.54 Å². The van der Waals surface area contributed by atoms with Crippen molar-refractivity contribution >= 4 is 5.97 Å². The second kappa shape index (κ2) is 5.27. The van der Waals surface area contributed by atoms with E-state index in [9.17, 15) is 4.79 Å². The Morgan fingerprint density at radius 2 is 1.82 bits per heavy atom. The highest BCUT2D eigenvalue weighted by Gasteiger charge is 2.07. The molecule has 0 radical (unpaired) electrons. The number of esters is 1. The maximum absolute atomic E-state index is 11.8. The molecular formula is C14H13NO2. The molecule has 86 valence electrons. The van der Waals surface area contributed by atoms with Gasteiger partial charge in [0.25, 0.3) is 0 Å². The van der Waals surface area contributed by atoms with E-state index in [-0.39, 0.29) is 5.97 Å². The van der Waals surface area contributed by atoms with E-state index in [2.05, 4.69) is 0 Å². The topological polar surface area (TPSA) is 52.3 Å². The number of hydrogen-bond acceptors (Lipinski definition) is 3. The number of benzene rings is 2. The first-order valence-corrected chi connectivity index (χ1v) is 5.36. The molecule has 0 spiro atoms. The third-order valence-corrected chi connectivity index (χ3v) is 2.35. The minimum Gasteiger partial charge on any atom is -0.423 e. The second-order valence-corrected chi connectivity index (χ2v) is 3.61. The summed E-state index contributed by atoms with van der Waals surface area (Å²) < 4.78 is 5.25. The molecular weight excluding hydrogens is 214 g/mol. The van der Waals surface area contributed by atoms with Gasteiger partial charge < -0.3 is 10.5 Å². The largest absolute Gasteiger partial charge is 0.423 e. The van der Waals surface area contributed by atoms with E-state index >= 15 is 0 Å². The van der Waals surface area contributed by atoms with Crippen molar-refractivity contribution in [1.82, 2.24) is 0 Å². The SMILES string of the molecule is NCc1cccc(OC(=O)c2ccccc2)c1. The van der Waals surface area contributed by atoms with Crippen LogP contribution in [0.25, 0.3) is 0 Å². The predicted octanol–water partition coefficient (Wildman–Crippen LogP) is 2.36. The molecule has 2 N–H and O–H groups in total. The van der Waals surface area contributed by atoms with Crippen LogP contribution in [0.2, 0.25) is 0 Å². The van der Waals surface area contributed by atoms with Crippen LogP contribution < -0.4 is 10.5 Å². The summed E-state index contributed by atoms with van der Waals surface area (Å²) >= 11 is 0. The molecule has 3 nitrogen and oxygen atoms in total. The lowest BCUT2D eigenvalue weighted by Crippen LogP contribution is -2.08. The lowest BCUT2D eigenvalue weighted by molar-refractivity contribution is 0.0734. The van der Waals surface area contributed by atoms with Crippen molar-refractivity contribution in [3.8, 4) is 5.75 Å². The zero-order valence-corrected chi connectivity index (χ0v) is 9.30. The van der Waals surface area contributed by atoms with Gasteiger partial charge in [-0.15, -0.1) is 0 Å². The van der Waals surface area contributed by atoms with Crippen molar-refractivity contribution in [1.29, 1.82) is 0 Å². The van der Waals surface area contributed by atoms with Gasteiger partial charge in [-0.2, -0.15) is 0 Å². The number of hydrogen-bond donors (Lipinski definition) is 1. The van der Waals surface area contributed by atoms with Crippen LogP contribution in [-0.2, 0) is 6.54 Å². The van der Waals surface area contributed by atoms with E-state index in [1.54, 1.807) is 36.4 Å². The Kier molecular flexibility index (Phi) is 3.52. The molecule has 0 unspecified atom stereocenters. The summed E-state index contributed by atoms with van der Waals surface area (Å²) in [5.41, 5.74) is 6.99. The third-order valence-electron chi connectivity index (χ3n) is 2.35. The van der Waals surface area contributed by atoms with Gasteiger partial charge in [0.1, 0.15) is 5.75 Å². The van der Waals surface area contributed by atoms with Crippen molar-refractivity contribution in [3.63, 3.8) is 0 Å². The van der Waals surface area contributed by atoms with Gasteiger partial charge in [0.15, 0.2) is 0 Å². The summed E-state index contributed by atoms with van der Waals surface area (Å²) in [5, 5.41) is 0. The summed E-state index contributed by atoms with van der Waals surface area (Å²) in [6.07, 6.45) is 0. The molecule has 2 rings (SSSR count). The fraction of sp³-hybridized carbons (Fsp3) is 0.0714. The molecule has 17 heavy (non-hydrogen) atoms. The Hall–Kier alpha value is -2.13. The molecule has 0 aliphatic rings. The zero-order valence-electron chi connectivity index (χ0n) is 9.30. The third kappa shape index (κ3) is 2.92. The monoisotopic (exact) mass is 227 g/mol. The molecule has 0 bridgehead atoms. The van der Waals surface area contributed by atoms with Crippen LogP contribution in [0.5, 0.6) is 5.75 Å². The second-order valence-electron chi connectivity index (χ2n) is 3.61. The van der Waals surface area contributed by atoms with Crippen LogP contribution in [0.4, 0.5) is 0 Å². The highest BCUT2D eigenvalue weighted by Crippen LogP contribution is 2.14. The molecule has 3 heteroatoms. The number of carbonyl (C=O) groups excluding carboxylic acids is 1. The van der Waals surface area contributed by atoms with Crippen LogP contribution in [0.1, 0.15) is 15.9 Å². The molecule has 0 atom stereocenters. The van der Waals surface area contributed by atoms with E-state index in [0.29, 0.717) is 17.9 Å². The first-order valence-electron chi connectivity index (χ1n) is 5.36. The van der Waals surface area contributed by atoms with Crippen molar-refractivity contribution in [3.05, 3.63) is 65.7 Å². The van der Waals surface area contributed by atoms with Gasteiger partial charge in [-0.25, -0.2) is 4.79 Å². The Bertz CT molecular complexity index is 509. The highest BCUT2D eigenvalue weighted by atomic mass is 16.5. The molecule has 0 aliphatic heterocycles. The van der Waals surface area contributed by atoms with E-state index in [1.807, 2.05) is 18.2 Å². The molecule has 2 aromatic carbocycles. The molecule has 0 aliphatic carbocycles. The van der Waals surface area contributed by atoms with Gasteiger partial charge in [-0.1, -0.05) is 30.3 Å². The molecule has 2 aromatic rings. The number of nitrogens with two attached hydrogens (primary N) is 1. The summed E-state index contributed by atoms with van der Waals surface area (Å²) in [6.45, 7) is 0.427. The maximum atomic E-state index is 11.8. The lowest BCUT2D eigenvalue weighted by Gasteiger charge is -2.05. The molecule has 0 heterocycles. The maximum Gasteiger partial charge on any atom is 0.343 e. The van der Waals surface area contributed by atoms with Crippen molar-refractivity contribution in [2.75, 3.05) is 0 Å². The van der Waals surface area contributed by atoms with Crippen LogP contribution in [0.15, 0.2) is 54.6 Å². The minimum atomic E-state index is -0.361. The molecule has 0 amide bonds. The minimum absolute atomic E-state index is 0.361. The lowest BCUT2D eigenvalue weighted by atomic mass is 10.2. The van der Waals surface area contributed by atoms with Crippen LogP contribution in [-0.4, -0.2) is 5.97 Å². The van der Waals surface area contributed by atoms with Gasteiger partial charge in [-0.3, -0.25) is 0 Å². The van der Waals surface area contributed by atoms with Crippen LogP contribution in [0, 0.1) is 0 Å². The first-order chi connectivity index (χ1) is 8.29. The van der Waals surface area contributed by atoms with Crippen molar-refractivity contribution in [2.45, 2.75) is 6.54 Å². The van der Waals surface area contributed by atoms with Gasteiger partial charge in [-0.05, 0) is 29.8 Å². The molecule has 0 aromatic heterocycles. The van der Waals surface area contributed by atoms with Gasteiger partial charge in [0.2, 0.25) is 0 Å². The van der Waals surface area contributed by atoms with E-state index < -0.39 is 0 Å². The summed E-state index contributed by atoms with van der Waals surface area (Å²) in [4.78, 5) is 11.8. The Morgan fingerprint density at radius 1 is 1.06 bits per heavy atom. The Labute approximate surface area is 99.8 Å². The van der Waals surface area contributed by atoms with Crippen molar-refractivity contribution < 1.29 is 9.53 Å². The number of carbonyl (C=O) groups is 1. The smallest absolute Gasteiger partial charge is 0.343 e. The van der Waals surface area contributed by atoms with Gasteiger partial charge >= 0.3 is 5.97 Å². The zero-order chi connectivity index (χ0) is 12.1. The molecule has 0 fully saturated rings. The molecule has 0 saturated heterocycles. The first kappa shape index (κ1) is 11.4. The number of rotatable bonds is 3. The average molecular weight is 227 g/mol. The standard InChI is InChI=1S/C14H13NO2/c15-10-11-5-4-8-13(9-11)17-14(16)12-6-2-1-3-7-12/h1-9H,10,15H2. The fourth-order valence-electron chi connectivity index (χ4n) is 1.48. The summed E-state index contributed by atoms with van der Waals surface area (Å²) in [6, 6.07) is 16.1. The van der Waals surface area contributed by atoms with E-state index in [0.717, 1.165) is 5.56 Å². The van der Waals surface area contributed by atoms with Crippen molar-refractivity contribution in [2.24, 2.45) is 5.73 Å². The highest BCUT2D eigenvalue weighted by molar-refractivity contribution is 5.90. The molecule has 0 saturated carbocycles. The van der Waals surface area contributed by atoms with Gasteiger partial charge in [0.05, 0.1) is 5.56 Å². The average Bonchev–Trinajstić information content (AvgIpc) is 2.40. The van der Waals surface area contributed by atoms with Crippen LogP contribution >= 0.6 is 0 Å². The quantitative estimate of drug-likeness (QED) is 0.647. The summed E-state index contributed by atoms with van der Waals surface area (Å²) in [7, 11) is 0. The van der Waals surface area contributed by atoms with Crippen LogP contribution in [0.3, 0.4) is 0 Å².